The lowest BCUT2D eigenvalue weighted by molar-refractivity contribution is -0.132. The van der Waals surface area contributed by atoms with Gasteiger partial charge in [0.15, 0.2) is 5.78 Å². The number of benzene rings is 1. The van der Waals surface area contributed by atoms with Gasteiger partial charge in [-0.2, -0.15) is 0 Å². The Hall–Kier alpha value is -2.50. The molecule has 1 aromatic heterocycles. The van der Waals surface area contributed by atoms with E-state index in [0.29, 0.717) is 4.57 Å². The van der Waals surface area contributed by atoms with Crippen LogP contribution in [-0.4, -0.2) is 21.1 Å². The zero-order valence-electron chi connectivity index (χ0n) is 16.0. The van der Waals surface area contributed by atoms with Crippen molar-refractivity contribution in [3.63, 3.8) is 0 Å². The van der Waals surface area contributed by atoms with Gasteiger partial charge in [-0.1, -0.05) is 6.04 Å². The molecule has 108 valence electrons. The molecule has 0 saturated heterocycles. The first-order valence-electron chi connectivity index (χ1n) is 8.84. The molecule has 0 radical (unpaired) electrons. The second kappa shape index (κ2) is 4.80. The van der Waals surface area contributed by atoms with E-state index in [1.54, 1.807) is 0 Å². The maximum atomic E-state index is 13.0. The lowest BCUT2D eigenvalue weighted by atomic mass is 9.92. The van der Waals surface area contributed by atoms with Crippen molar-refractivity contribution < 1.29 is 16.4 Å². The molecule has 1 unspecified atom stereocenters. The minimum absolute atomic E-state index is 0.0592. The third kappa shape index (κ3) is 2.12. The number of carbonyl (C=O) groups is 2. The summed E-state index contributed by atoms with van der Waals surface area (Å²) in [5.41, 5.74) is 4.66. The monoisotopic (exact) mass is 290 g/mol. The van der Waals surface area contributed by atoms with Crippen LogP contribution in [0.15, 0.2) is 23.0 Å². The Morgan fingerprint density at radius 1 is 1.48 bits per heavy atom. The molecule has 0 amide bonds. The Labute approximate surface area is 127 Å². The highest BCUT2D eigenvalue weighted by Crippen LogP contribution is 2.24. The molecule has 1 atom stereocenters. The van der Waals surface area contributed by atoms with E-state index in [0.717, 1.165) is 0 Å². The van der Waals surface area contributed by atoms with Crippen LogP contribution in [0.2, 0.25) is 0 Å². The molecular weight excluding hydrogens is 270 g/mol. The first-order valence-corrected chi connectivity index (χ1v) is 6.34. The van der Waals surface area contributed by atoms with E-state index in [4.69, 9.17) is 12.6 Å². The summed E-state index contributed by atoms with van der Waals surface area (Å²) in [5, 5.41) is -0.162. The maximum absolute atomic E-state index is 13.0. The van der Waals surface area contributed by atoms with Gasteiger partial charge in [0, 0.05) is 16.2 Å². The lowest BCUT2D eigenvalue weighted by Gasteiger charge is -2.24. The molecule has 21 heavy (non-hydrogen) atoms. The van der Waals surface area contributed by atoms with Crippen LogP contribution in [0, 0.1) is 6.85 Å². The maximum Gasteiger partial charge on any atom is 0.264 e. The molecule has 1 fully saturated rings. The fourth-order valence-electron chi connectivity index (χ4n) is 2.45. The van der Waals surface area contributed by atoms with Gasteiger partial charge in [-0.25, -0.2) is 4.98 Å². The van der Waals surface area contributed by atoms with E-state index < -0.39 is 36.5 Å². The van der Waals surface area contributed by atoms with Crippen LogP contribution in [0.25, 0.3) is 10.9 Å². The highest BCUT2D eigenvalue weighted by molar-refractivity contribution is 6.03. The highest BCUT2D eigenvalue weighted by Gasteiger charge is 2.30. The summed E-state index contributed by atoms with van der Waals surface area (Å²) in [5.74, 6) is -1.97. The highest BCUT2D eigenvalue weighted by atomic mass is 16.2. The predicted molar refractivity (Wildman–Crippen MR) is 78.1 cm³/mol. The molecule has 2 aromatic rings. The van der Waals surface area contributed by atoms with Crippen LogP contribution in [-0.2, 0) is 9.59 Å². The third-order valence-corrected chi connectivity index (χ3v) is 3.45. The first kappa shape index (κ1) is 8.71. The topological polar surface area (TPSA) is 95.0 Å². The minimum Gasteiger partial charge on any atom is -0.398 e. The van der Waals surface area contributed by atoms with Crippen LogP contribution in [0.1, 0.15) is 38.0 Å². The average Bonchev–Trinajstić information content (AvgIpc) is 2.49. The standard InChI is InChI=1S/C15H15N3O3/c1-8-17-11-4-2-3-10(16)14(11)15(21)18(8)12-6-5-9(19)7-13(12)20/h2-4,12H,5-7,16H2,1H3/i1D3,2D,12D. The number of nitrogens with two attached hydrogens (primary N) is 1. The fraction of sp³-hybridized carbons (Fsp3) is 0.333. The van der Waals surface area contributed by atoms with Gasteiger partial charge in [-0.3, -0.25) is 19.0 Å². The van der Waals surface area contributed by atoms with Crippen LogP contribution in [0.5, 0.6) is 0 Å². The first-order chi connectivity index (χ1) is 11.9. The number of aromatic nitrogens is 2. The van der Waals surface area contributed by atoms with Gasteiger partial charge in [0.25, 0.3) is 5.56 Å². The smallest absolute Gasteiger partial charge is 0.264 e. The molecule has 6 nitrogen and oxygen atoms in total. The molecule has 0 aliphatic heterocycles. The molecular formula is C15H15N3O3. The van der Waals surface area contributed by atoms with Crippen molar-refractivity contribution in [2.45, 2.75) is 32.1 Å². The number of aryl methyl sites for hydroxylation is 1. The number of ketones is 2. The molecule has 0 spiro atoms. The number of fused-ring (bicyclic) bond motifs is 1. The number of nitrogen functional groups attached to an aromatic ring is 1. The number of Topliss-reactive ketones (excluding diaryl/α,β-unsaturated/α-hetero) is 2. The van der Waals surface area contributed by atoms with Gasteiger partial charge >= 0.3 is 0 Å². The molecule has 1 heterocycles. The van der Waals surface area contributed by atoms with Crippen molar-refractivity contribution in [2.24, 2.45) is 0 Å². The Morgan fingerprint density at radius 2 is 2.29 bits per heavy atom. The minimum atomic E-state index is -2.89. The normalized spacial score (nSPS) is 26.8. The van der Waals surface area contributed by atoms with E-state index >= 15 is 0 Å². The van der Waals surface area contributed by atoms with E-state index in [9.17, 15) is 14.4 Å². The number of anilines is 1. The lowest BCUT2D eigenvalue weighted by Crippen LogP contribution is -2.36. The van der Waals surface area contributed by atoms with Crippen molar-refractivity contribution in [1.82, 2.24) is 9.55 Å². The second-order valence-corrected chi connectivity index (χ2v) is 4.83. The van der Waals surface area contributed by atoms with E-state index in [1.165, 1.54) is 12.1 Å². The molecule has 2 N–H and O–H groups in total. The number of nitrogens with zero attached hydrogens (tertiary/aromatic N) is 2. The fourth-order valence-corrected chi connectivity index (χ4v) is 2.45. The predicted octanol–water partition coefficient (Wildman–Crippen LogP) is 1.15. The quantitative estimate of drug-likeness (QED) is 0.628. The third-order valence-electron chi connectivity index (χ3n) is 3.45. The molecule has 1 saturated carbocycles. The summed E-state index contributed by atoms with van der Waals surface area (Å²) in [4.78, 5) is 40.9. The van der Waals surface area contributed by atoms with Gasteiger partial charge in [-0.15, -0.1) is 0 Å². The Kier molecular flexibility index (Phi) is 1.99. The van der Waals surface area contributed by atoms with Crippen LogP contribution >= 0.6 is 0 Å². The van der Waals surface area contributed by atoms with Gasteiger partial charge in [0.1, 0.15) is 11.6 Å². The zero-order chi connectivity index (χ0) is 19.4. The molecule has 3 rings (SSSR count). The van der Waals surface area contributed by atoms with E-state index in [2.05, 4.69) is 4.98 Å². The number of hydrogen-bond donors (Lipinski definition) is 1. The molecule has 6 heteroatoms. The summed E-state index contributed by atoms with van der Waals surface area (Å²) in [7, 11) is 0. The number of hydrogen-bond acceptors (Lipinski definition) is 5. The van der Waals surface area contributed by atoms with Gasteiger partial charge in [-0.05, 0) is 25.4 Å². The Balaban J connectivity index is 2.44. The average molecular weight is 290 g/mol. The van der Waals surface area contributed by atoms with Crippen LogP contribution in [0.4, 0.5) is 5.69 Å². The molecule has 0 bridgehead atoms. The summed E-state index contributed by atoms with van der Waals surface area (Å²) in [6.07, 6.45) is -0.992. The summed E-state index contributed by atoms with van der Waals surface area (Å²) in [6, 6.07) is 0.0848. The summed E-state index contributed by atoms with van der Waals surface area (Å²) in [6.45, 7) is -2.89. The van der Waals surface area contributed by atoms with Gasteiger partial charge in [0.05, 0.1) is 26.1 Å². The van der Waals surface area contributed by atoms with Gasteiger partial charge < -0.3 is 5.73 Å². The van der Waals surface area contributed by atoms with Crippen molar-refractivity contribution in [1.29, 1.82) is 0 Å². The SMILES string of the molecule is [2H]c1cc(N)c2c(=O)n(C3([2H])CCC(=O)CC3=O)c(C([2H])([2H])[2H])nc2c1. The number of rotatable bonds is 1. The van der Waals surface area contributed by atoms with Gasteiger partial charge in [0.2, 0.25) is 0 Å². The zero-order valence-corrected chi connectivity index (χ0v) is 11.0. The molecule has 1 aromatic carbocycles. The Bertz CT molecular complexity index is 1010. The summed E-state index contributed by atoms with van der Waals surface area (Å²) < 4.78 is 39.7. The van der Waals surface area contributed by atoms with E-state index in [-0.39, 0.29) is 41.3 Å². The molecule has 1 aliphatic rings. The Morgan fingerprint density at radius 3 is 3.00 bits per heavy atom. The van der Waals surface area contributed by atoms with E-state index in [1.807, 2.05) is 0 Å². The van der Waals surface area contributed by atoms with Crippen molar-refractivity contribution in [3.05, 3.63) is 34.4 Å². The number of carbonyl (C=O) groups excluding carboxylic acids is 2. The van der Waals surface area contributed by atoms with Crippen LogP contribution < -0.4 is 11.3 Å². The van der Waals surface area contributed by atoms with Crippen molar-refractivity contribution >= 4 is 28.2 Å². The van der Waals surface area contributed by atoms with Crippen LogP contribution in [0.3, 0.4) is 0 Å². The second-order valence-electron chi connectivity index (χ2n) is 4.83. The largest absolute Gasteiger partial charge is 0.398 e. The summed E-state index contributed by atoms with van der Waals surface area (Å²) >= 11 is 0. The molecule has 1 aliphatic carbocycles. The van der Waals surface area contributed by atoms with Crippen molar-refractivity contribution in [2.75, 3.05) is 5.73 Å². The van der Waals surface area contributed by atoms with Crippen molar-refractivity contribution in [3.8, 4) is 0 Å².